The Morgan fingerprint density at radius 1 is 0.912 bits per heavy atom. The minimum Gasteiger partial charge on any atom is -0.369 e. The zero-order chi connectivity index (χ0) is 24.0. The van der Waals surface area contributed by atoms with E-state index in [2.05, 4.69) is 46.6 Å². The molecule has 6 nitrogen and oxygen atoms in total. The van der Waals surface area contributed by atoms with Crippen molar-refractivity contribution in [3.05, 3.63) is 65.9 Å². The summed E-state index contributed by atoms with van der Waals surface area (Å²) in [7, 11) is 0. The average molecular weight is 459 g/mol. The molecule has 2 atom stereocenters. The molecular formula is C28H34N4O2. The minimum atomic E-state index is -0.427. The van der Waals surface area contributed by atoms with Gasteiger partial charge in [0.1, 0.15) is 0 Å². The molecular weight excluding hydrogens is 424 g/mol. The molecule has 2 aromatic carbocycles. The summed E-state index contributed by atoms with van der Waals surface area (Å²) >= 11 is 0. The normalized spacial score (nSPS) is 22.6. The zero-order valence-electron chi connectivity index (χ0n) is 20.3. The van der Waals surface area contributed by atoms with Crippen molar-refractivity contribution >= 4 is 17.5 Å². The molecule has 1 saturated carbocycles. The van der Waals surface area contributed by atoms with Crippen LogP contribution in [0.2, 0.25) is 0 Å². The Labute approximate surface area is 201 Å². The molecule has 2 aliphatic heterocycles. The van der Waals surface area contributed by atoms with E-state index in [1.54, 1.807) is 0 Å². The van der Waals surface area contributed by atoms with Gasteiger partial charge in [-0.2, -0.15) is 0 Å². The Morgan fingerprint density at radius 2 is 1.53 bits per heavy atom. The molecule has 178 valence electrons. The van der Waals surface area contributed by atoms with Gasteiger partial charge in [0, 0.05) is 30.9 Å². The van der Waals surface area contributed by atoms with Gasteiger partial charge in [0.05, 0.1) is 12.0 Å². The first-order chi connectivity index (χ1) is 16.2. The number of urea groups is 1. The van der Waals surface area contributed by atoms with Gasteiger partial charge in [-0.05, 0) is 61.8 Å². The van der Waals surface area contributed by atoms with Gasteiger partial charge in [0.15, 0.2) is 0 Å². The number of benzene rings is 2. The number of carbonyl (C=O) groups is 2. The monoisotopic (exact) mass is 458 g/mol. The Morgan fingerprint density at radius 3 is 2.12 bits per heavy atom. The third kappa shape index (κ3) is 4.29. The predicted octanol–water partition coefficient (Wildman–Crippen LogP) is 4.08. The molecule has 2 fully saturated rings. The van der Waals surface area contributed by atoms with Crippen LogP contribution in [0.5, 0.6) is 0 Å². The molecule has 2 unspecified atom stereocenters. The Hall–Kier alpha value is -3.28. The Kier molecular flexibility index (Phi) is 5.62. The minimum absolute atomic E-state index is 0.0796. The second-order valence-corrected chi connectivity index (χ2v) is 10.8. The Balaban J connectivity index is 1.47. The molecule has 1 aliphatic carbocycles. The smallest absolute Gasteiger partial charge is 0.317 e. The lowest BCUT2D eigenvalue weighted by atomic mass is 9.86. The van der Waals surface area contributed by atoms with Gasteiger partial charge >= 0.3 is 6.03 Å². The first kappa shape index (κ1) is 22.5. The second kappa shape index (κ2) is 8.49. The van der Waals surface area contributed by atoms with Gasteiger partial charge in [0.2, 0.25) is 5.91 Å². The quantitative estimate of drug-likeness (QED) is 0.725. The molecule has 3 amide bonds. The van der Waals surface area contributed by atoms with Crippen molar-refractivity contribution in [2.45, 2.75) is 45.2 Å². The lowest BCUT2D eigenvalue weighted by Crippen LogP contribution is -2.59. The van der Waals surface area contributed by atoms with E-state index in [0.717, 1.165) is 36.1 Å². The molecule has 6 heteroatoms. The molecule has 1 saturated heterocycles. The van der Waals surface area contributed by atoms with Crippen LogP contribution in [0.4, 0.5) is 4.79 Å². The summed E-state index contributed by atoms with van der Waals surface area (Å²) in [5.41, 5.74) is 11.4. The van der Waals surface area contributed by atoms with Gasteiger partial charge in [-0.3, -0.25) is 4.79 Å². The summed E-state index contributed by atoms with van der Waals surface area (Å²) in [6.45, 7) is 7.80. The van der Waals surface area contributed by atoms with Crippen molar-refractivity contribution in [3.63, 3.8) is 0 Å². The fourth-order valence-corrected chi connectivity index (χ4v) is 5.43. The molecule has 0 bridgehead atoms. The van der Waals surface area contributed by atoms with E-state index in [1.165, 1.54) is 11.3 Å². The number of primary amides is 1. The van der Waals surface area contributed by atoms with Gasteiger partial charge < -0.3 is 20.9 Å². The third-order valence-corrected chi connectivity index (χ3v) is 7.04. The average Bonchev–Trinajstić information content (AvgIpc) is 3.58. The topological polar surface area (TPSA) is 78.7 Å². The number of rotatable bonds is 4. The molecule has 2 aromatic rings. The number of piperazine rings is 1. The van der Waals surface area contributed by atoms with Crippen molar-refractivity contribution < 1.29 is 9.59 Å². The van der Waals surface area contributed by atoms with E-state index in [9.17, 15) is 9.59 Å². The number of hydrogen-bond donors (Lipinski definition) is 2. The SMILES string of the molecule is CC(C)(C)NC(=O)N1CCN2C(C3CC3)=C(c3ccc(-c4ccccc4)cc3)C(C(N)=O)C2C1. The van der Waals surface area contributed by atoms with Crippen LogP contribution >= 0.6 is 0 Å². The third-order valence-electron chi connectivity index (χ3n) is 7.04. The van der Waals surface area contributed by atoms with Crippen molar-refractivity contribution in [2.24, 2.45) is 17.6 Å². The van der Waals surface area contributed by atoms with Crippen LogP contribution in [-0.4, -0.2) is 53.0 Å². The summed E-state index contributed by atoms with van der Waals surface area (Å²) in [6, 6.07) is 18.6. The second-order valence-electron chi connectivity index (χ2n) is 10.8. The fourth-order valence-electron chi connectivity index (χ4n) is 5.43. The lowest BCUT2D eigenvalue weighted by molar-refractivity contribution is -0.121. The standard InChI is InChI=1S/C28H34N4O2/c1-28(2,3)30-27(34)31-15-16-32-22(17-31)24(26(29)33)23(25(32)21-13-14-21)20-11-9-19(10-12-20)18-7-5-4-6-8-18/h4-12,21-22,24H,13-17H2,1-3H3,(H2,29,33)(H,30,34). The number of nitrogens with zero attached hydrogens (tertiary/aromatic N) is 2. The van der Waals surface area contributed by atoms with Gasteiger partial charge in [-0.15, -0.1) is 0 Å². The predicted molar refractivity (Wildman–Crippen MR) is 135 cm³/mol. The highest BCUT2D eigenvalue weighted by Crippen LogP contribution is 2.51. The van der Waals surface area contributed by atoms with Crippen LogP contribution in [0.3, 0.4) is 0 Å². The van der Waals surface area contributed by atoms with Gasteiger partial charge in [-0.1, -0.05) is 54.6 Å². The zero-order valence-corrected chi connectivity index (χ0v) is 20.3. The molecule has 0 radical (unpaired) electrons. The first-order valence-electron chi connectivity index (χ1n) is 12.3. The highest BCUT2D eigenvalue weighted by Gasteiger charge is 2.50. The number of nitrogens with two attached hydrogens (primary N) is 1. The number of amides is 3. The van der Waals surface area contributed by atoms with Crippen LogP contribution in [-0.2, 0) is 4.79 Å². The fraction of sp³-hybridized carbons (Fsp3) is 0.429. The van der Waals surface area contributed by atoms with Crippen LogP contribution in [0.1, 0.15) is 39.2 Å². The molecule has 3 aliphatic rings. The van der Waals surface area contributed by atoms with E-state index in [-0.39, 0.29) is 23.5 Å². The van der Waals surface area contributed by atoms with E-state index in [4.69, 9.17) is 5.73 Å². The number of carbonyl (C=O) groups excluding carboxylic acids is 2. The van der Waals surface area contributed by atoms with E-state index < -0.39 is 5.92 Å². The largest absolute Gasteiger partial charge is 0.369 e. The van der Waals surface area contributed by atoms with Crippen LogP contribution in [0.15, 0.2) is 60.3 Å². The first-order valence-corrected chi connectivity index (χ1v) is 12.3. The van der Waals surface area contributed by atoms with Crippen molar-refractivity contribution in [1.82, 2.24) is 15.1 Å². The molecule has 5 rings (SSSR count). The molecule has 0 aromatic heterocycles. The maximum absolute atomic E-state index is 12.9. The van der Waals surface area contributed by atoms with Crippen LogP contribution in [0, 0.1) is 11.8 Å². The highest BCUT2D eigenvalue weighted by molar-refractivity contribution is 5.95. The summed E-state index contributed by atoms with van der Waals surface area (Å²) < 4.78 is 0. The number of fused-ring (bicyclic) bond motifs is 1. The number of nitrogens with one attached hydrogen (secondary N) is 1. The lowest BCUT2D eigenvalue weighted by Gasteiger charge is -2.42. The number of hydrogen-bond acceptors (Lipinski definition) is 3. The molecule has 2 heterocycles. The van der Waals surface area contributed by atoms with E-state index in [0.29, 0.717) is 19.0 Å². The molecule has 3 N–H and O–H groups in total. The van der Waals surface area contributed by atoms with Gasteiger partial charge in [0.25, 0.3) is 0 Å². The van der Waals surface area contributed by atoms with E-state index >= 15 is 0 Å². The summed E-state index contributed by atoms with van der Waals surface area (Å²) in [5.74, 6) is -0.264. The summed E-state index contributed by atoms with van der Waals surface area (Å²) in [4.78, 5) is 30.0. The van der Waals surface area contributed by atoms with E-state index in [1.807, 2.05) is 43.9 Å². The van der Waals surface area contributed by atoms with Crippen molar-refractivity contribution in [1.29, 1.82) is 0 Å². The van der Waals surface area contributed by atoms with Crippen molar-refractivity contribution in [2.75, 3.05) is 19.6 Å². The molecule has 34 heavy (non-hydrogen) atoms. The molecule has 0 spiro atoms. The van der Waals surface area contributed by atoms with Crippen LogP contribution < -0.4 is 11.1 Å². The van der Waals surface area contributed by atoms with Gasteiger partial charge in [-0.25, -0.2) is 4.79 Å². The highest BCUT2D eigenvalue weighted by atomic mass is 16.2. The Bertz CT molecular complexity index is 1110. The summed E-state index contributed by atoms with van der Waals surface area (Å²) in [5, 5.41) is 3.06. The maximum atomic E-state index is 12.9. The van der Waals surface area contributed by atoms with Crippen LogP contribution in [0.25, 0.3) is 16.7 Å². The maximum Gasteiger partial charge on any atom is 0.317 e. The number of allylic oxidation sites excluding steroid dienone is 1. The van der Waals surface area contributed by atoms with Crippen molar-refractivity contribution in [3.8, 4) is 11.1 Å². The summed E-state index contributed by atoms with van der Waals surface area (Å²) in [6.07, 6.45) is 2.29.